The molecule has 1 aliphatic rings. The number of carbonyl (C=O) groups is 2. The normalized spacial score (nSPS) is 22.6. The maximum absolute atomic E-state index is 12.8. The van der Waals surface area contributed by atoms with Crippen LogP contribution in [-0.4, -0.2) is 98.3 Å². The highest BCUT2D eigenvalue weighted by molar-refractivity contribution is 7.47. The number of aliphatic hydroxyl groups is 5. The summed E-state index contributed by atoms with van der Waals surface area (Å²) in [5.74, 6) is -1.13. The van der Waals surface area contributed by atoms with Crippen LogP contribution in [0.4, 0.5) is 0 Å². The molecule has 0 bridgehead atoms. The maximum Gasteiger partial charge on any atom is 0.472 e. The number of aliphatic hydroxyl groups excluding tert-OH is 5. The first-order chi connectivity index (χ1) is 29.4. The van der Waals surface area contributed by atoms with Gasteiger partial charge in [0.2, 0.25) is 0 Å². The molecule has 0 aromatic carbocycles. The summed E-state index contributed by atoms with van der Waals surface area (Å²) in [6, 6.07) is 0. The molecule has 352 valence electrons. The second-order valence-corrected chi connectivity index (χ2v) is 17.4. The van der Waals surface area contributed by atoms with Crippen molar-refractivity contribution < 1.29 is 63.1 Å². The van der Waals surface area contributed by atoms with Gasteiger partial charge in [0.25, 0.3) is 0 Å². The molecule has 1 fully saturated rings. The Hall–Kier alpha value is -2.45. The van der Waals surface area contributed by atoms with Gasteiger partial charge in [0.1, 0.15) is 43.2 Å². The molecule has 6 N–H and O–H groups in total. The lowest BCUT2D eigenvalue weighted by Gasteiger charge is -2.41. The lowest BCUT2D eigenvalue weighted by atomic mass is 9.85. The molecular weight excluding hydrogens is 803 g/mol. The van der Waals surface area contributed by atoms with Crippen LogP contribution in [0.25, 0.3) is 0 Å². The summed E-state index contributed by atoms with van der Waals surface area (Å²) in [6.07, 6.45) is 31.3. The number of allylic oxidation sites excluding steroid dienone is 10. The van der Waals surface area contributed by atoms with Crippen molar-refractivity contribution in [3.05, 3.63) is 60.8 Å². The van der Waals surface area contributed by atoms with Crippen molar-refractivity contribution in [1.82, 2.24) is 0 Å². The van der Waals surface area contributed by atoms with E-state index in [2.05, 4.69) is 38.2 Å². The summed E-state index contributed by atoms with van der Waals surface area (Å²) < 4.78 is 33.5. The molecule has 13 nitrogen and oxygen atoms in total. The van der Waals surface area contributed by atoms with Crippen LogP contribution in [0.2, 0.25) is 0 Å². The predicted octanol–water partition coefficient (Wildman–Crippen LogP) is 8.94. The average Bonchev–Trinajstić information content (AvgIpc) is 3.24. The van der Waals surface area contributed by atoms with E-state index in [9.17, 15) is 44.6 Å². The van der Waals surface area contributed by atoms with Gasteiger partial charge in [-0.3, -0.25) is 18.6 Å². The van der Waals surface area contributed by atoms with Crippen LogP contribution in [0.15, 0.2) is 60.8 Å². The molecule has 0 amide bonds. The molecule has 0 heterocycles. The van der Waals surface area contributed by atoms with Crippen LogP contribution >= 0.6 is 7.82 Å². The Morgan fingerprint density at radius 2 is 0.951 bits per heavy atom. The highest BCUT2D eigenvalue weighted by Gasteiger charge is 2.51. The minimum atomic E-state index is -5.13. The summed E-state index contributed by atoms with van der Waals surface area (Å²) in [5, 5.41) is 50.1. The molecule has 1 saturated carbocycles. The van der Waals surface area contributed by atoms with Crippen molar-refractivity contribution in [3.8, 4) is 0 Å². The molecule has 0 aromatic rings. The summed E-state index contributed by atoms with van der Waals surface area (Å²) in [4.78, 5) is 35.7. The average molecular weight is 885 g/mol. The van der Waals surface area contributed by atoms with E-state index in [0.29, 0.717) is 12.8 Å². The summed E-state index contributed by atoms with van der Waals surface area (Å²) in [6.45, 7) is 3.13. The molecule has 0 radical (unpaired) electrons. The minimum Gasteiger partial charge on any atom is -0.462 e. The van der Waals surface area contributed by atoms with Crippen molar-refractivity contribution >= 4 is 19.8 Å². The van der Waals surface area contributed by atoms with Gasteiger partial charge in [-0.2, -0.15) is 0 Å². The van der Waals surface area contributed by atoms with Crippen LogP contribution in [0.1, 0.15) is 168 Å². The minimum absolute atomic E-state index is 0.0838. The van der Waals surface area contributed by atoms with Crippen molar-refractivity contribution in [1.29, 1.82) is 0 Å². The molecule has 1 rings (SSSR count). The fourth-order valence-corrected chi connectivity index (χ4v) is 7.68. The van der Waals surface area contributed by atoms with Gasteiger partial charge in [0.05, 0.1) is 6.61 Å². The number of phosphoric ester groups is 1. The Balaban J connectivity index is 2.48. The predicted molar refractivity (Wildman–Crippen MR) is 239 cm³/mol. The zero-order valence-electron chi connectivity index (χ0n) is 37.2. The Labute approximate surface area is 366 Å². The van der Waals surface area contributed by atoms with Gasteiger partial charge >= 0.3 is 19.8 Å². The van der Waals surface area contributed by atoms with Crippen LogP contribution in [0, 0.1) is 0 Å². The largest absolute Gasteiger partial charge is 0.472 e. The molecular formula is C47H81O13P. The monoisotopic (exact) mass is 885 g/mol. The molecule has 61 heavy (non-hydrogen) atoms. The van der Waals surface area contributed by atoms with Gasteiger partial charge in [0, 0.05) is 12.8 Å². The van der Waals surface area contributed by atoms with E-state index in [1.165, 1.54) is 51.4 Å². The van der Waals surface area contributed by atoms with E-state index in [-0.39, 0.29) is 12.8 Å². The third-order valence-corrected chi connectivity index (χ3v) is 11.4. The Kier molecular flexibility index (Phi) is 34.3. The molecule has 8 atom stereocenters. The van der Waals surface area contributed by atoms with Crippen LogP contribution in [-0.2, 0) is 32.7 Å². The third kappa shape index (κ3) is 29.5. The lowest BCUT2D eigenvalue weighted by molar-refractivity contribution is -0.220. The Morgan fingerprint density at radius 3 is 1.48 bits per heavy atom. The first kappa shape index (κ1) is 56.6. The molecule has 0 spiro atoms. The molecule has 1 aliphatic carbocycles. The zero-order valence-corrected chi connectivity index (χ0v) is 38.1. The zero-order chi connectivity index (χ0) is 45.0. The second kappa shape index (κ2) is 37.0. The molecule has 14 heteroatoms. The number of phosphoric acid groups is 1. The molecule has 0 saturated heterocycles. The van der Waals surface area contributed by atoms with Gasteiger partial charge in [0.15, 0.2) is 6.10 Å². The Morgan fingerprint density at radius 1 is 0.525 bits per heavy atom. The number of esters is 2. The van der Waals surface area contributed by atoms with Gasteiger partial charge < -0.3 is 39.9 Å². The number of hydrogen-bond donors (Lipinski definition) is 6. The van der Waals surface area contributed by atoms with Gasteiger partial charge in [-0.1, -0.05) is 158 Å². The standard InChI is InChI=1S/C47H81O13P/c1-3-5-7-9-11-13-15-17-19-20-22-24-26-28-30-32-34-36-41(49)59-39(38-58-61(55,56)60-47-45(53)43(51)42(50)44(52)46(47)54)37-57-40(48)35-33-31-29-27-25-23-21-18-16-14-12-10-8-6-4-2/h6,8,10,12,14,16-19,21,39,42-47,50-54H,3-5,7,9,11,13,15,20,22-38H2,1-2H3,(H,55,56)/b8-6+,12-10+,16-14+,19-17+,21-18+/t39-,42?,43+,44?,45?,46?,47?/m1/s1. The topological polar surface area (TPSA) is 210 Å². The SMILES string of the molecule is CC/C=C/C=C/C=C/C=C/CCCCCCCC(=O)OC[C@H](COP(=O)(O)OC1C(O)C(O)C(O)[C@H](O)C1O)OC(=O)CCCCCCCCC/C=C/CCCCCCCC. The first-order valence-corrected chi connectivity index (χ1v) is 24.6. The number of unbranched alkanes of at least 4 members (excludes halogenated alkanes) is 18. The number of ether oxygens (including phenoxy) is 2. The van der Waals surface area contributed by atoms with E-state index in [4.69, 9.17) is 18.5 Å². The molecule has 6 unspecified atom stereocenters. The van der Waals surface area contributed by atoms with Crippen molar-refractivity contribution in [3.63, 3.8) is 0 Å². The molecule has 0 aliphatic heterocycles. The van der Waals surface area contributed by atoms with E-state index < -0.39 is 75.7 Å². The second-order valence-electron chi connectivity index (χ2n) is 16.0. The van der Waals surface area contributed by atoms with Crippen molar-refractivity contribution in [2.45, 2.75) is 211 Å². The number of hydrogen-bond acceptors (Lipinski definition) is 12. The smallest absolute Gasteiger partial charge is 0.462 e. The fourth-order valence-electron chi connectivity index (χ4n) is 6.70. The Bertz CT molecular complexity index is 1300. The first-order valence-electron chi connectivity index (χ1n) is 23.1. The van der Waals surface area contributed by atoms with Gasteiger partial charge in [-0.15, -0.1) is 0 Å². The highest BCUT2D eigenvalue weighted by atomic mass is 31.2. The highest BCUT2D eigenvalue weighted by Crippen LogP contribution is 2.47. The van der Waals surface area contributed by atoms with Crippen LogP contribution in [0.3, 0.4) is 0 Å². The van der Waals surface area contributed by atoms with Crippen molar-refractivity contribution in [2.75, 3.05) is 13.2 Å². The summed E-state index contributed by atoms with van der Waals surface area (Å²) in [7, 11) is -5.13. The van der Waals surface area contributed by atoms with Gasteiger partial charge in [-0.25, -0.2) is 4.57 Å². The quantitative estimate of drug-likeness (QED) is 0.0113. The summed E-state index contributed by atoms with van der Waals surface area (Å²) >= 11 is 0. The van der Waals surface area contributed by atoms with Gasteiger partial charge in [-0.05, 0) is 57.8 Å². The van der Waals surface area contributed by atoms with Crippen LogP contribution in [0.5, 0.6) is 0 Å². The number of rotatable bonds is 37. The van der Waals surface area contributed by atoms with E-state index in [1.54, 1.807) is 0 Å². The summed E-state index contributed by atoms with van der Waals surface area (Å²) in [5.41, 5.74) is 0. The van der Waals surface area contributed by atoms with E-state index in [0.717, 1.165) is 77.0 Å². The fraction of sp³-hybridized carbons (Fsp3) is 0.745. The third-order valence-electron chi connectivity index (χ3n) is 10.4. The van der Waals surface area contributed by atoms with E-state index in [1.807, 2.05) is 36.5 Å². The maximum atomic E-state index is 12.8. The lowest BCUT2D eigenvalue weighted by Crippen LogP contribution is -2.64. The van der Waals surface area contributed by atoms with E-state index >= 15 is 0 Å². The van der Waals surface area contributed by atoms with Crippen LogP contribution < -0.4 is 0 Å². The number of carbonyl (C=O) groups excluding carboxylic acids is 2. The molecule has 0 aromatic heterocycles. The van der Waals surface area contributed by atoms with Crippen molar-refractivity contribution in [2.24, 2.45) is 0 Å².